The van der Waals surface area contributed by atoms with Gasteiger partial charge in [0.15, 0.2) is 18.2 Å². The van der Waals surface area contributed by atoms with Crippen LogP contribution in [0.3, 0.4) is 0 Å². The van der Waals surface area contributed by atoms with Crippen LogP contribution in [0.25, 0.3) is 10.9 Å². The Kier molecular flexibility index (Phi) is 6.58. The van der Waals surface area contributed by atoms with Crippen molar-refractivity contribution < 1.29 is 18.3 Å². The summed E-state index contributed by atoms with van der Waals surface area (Å²) >= 11 is 0. The van der Waals surface area contributed by atoms with E-state index in [0.717, 1.165) is 39.8 Å². The number of carbonyl (C=O) groups excluding carboxylic acids is 1. The number of aromatic nitrogens is 1. The van der Waals surface area contributed by atoms with Crippen molar-refractivity contribution in [2.75, 3.05) is 32.1 Å². The second kappa shape index (κ2) is 9.73. The average Bonchev–Trinajstić information content (AvgIpc) is 3.23. The van der Waals surface area contributed by atoms with E-state index in [-0.39, 0.29) is 18.3 Å². The number of aromatic amines is 1. The van der Waals surface area contributed by atoms with Gasteiger partial charge in [0, 0.05) is 55.4 Å². The van der Waals surface area contributed by atoms with Crippen LogP contribution in [0.4, 0.5) is 14.5 Å². The number of rotatable bonds is 8. The molecule has 4 rings (SSSR count). The van der Waals surface area contributed by atoms with E-state index in [1.54, 1.807) is 0 Å². The number of ether oxygens (including phenoxy) is 1. The highest BCUT2D eigenvalue weighted by Crippen LogP contribution is 2.31. The highest BCUT2D eigenvalue weighted by molar-refractivity contribution is 5.84. The molecule has 0 saturated carbocycles. The predicted octanol–water partition coefficient (Wildman–Crippen LogP) is 4.84. The number of nitrogens with zero attached hydrogens (tertiary/aromatic N) is 1. The summed E-state index contributed by atoms with van der Waals surface area (Å²) in [6.45, 7) is -0.0417. The van der Waals surface area contributed by atoms with E-state index in [4.69, 9.17) is 4.74 Å². The number of amides is 1. The number of hydrogen-bond donors (Lipinski definition) is 2. The quantitative estimate of drug-likeness (QED) is 0.405. The van der Waals surface area contributed by atoms with Crippen molar-refractivity contribution >= 4 is 22.5 Å². The molecule has 0 fully saturated rings. The molecule has 1 aromatic heterocycles. The summed E-state index contributed by atoms with van der Waals surface area (Å²) in [5, 5.41) is 3.97. The van der Waals surface area contributed by atoms with E-state index in [0.29, 0.717) is 6.54 Å². The molecule has 7 heteroatoms. The number of halogens is 2. The Balaban J connectivity index is 1.51. The number of benzene rings is 3. The van der Waals surface area contributed by atoms with Crippen molar-refractivity contribution in [1.29, 1.82) is 0 Å². The van der Waals surface area contributed by atoms with Gasteiger partial charge in [-0.1, -0.05) is 30.3 Å². The molecule has 170 valence electrons. The molecule has 0 radical (unpaired) electrons. The van der Waals surface area contributed by atoms with Crippen LogP contribution in [0, 0.1) is 11.6 Å². The fraction of sp³-hybridized carbons (Fsp3) is 0.192. The van der Waals surface area contributed by atoms with E-state index in [2.05, 4.69) is 22.4 Å². The summed E-state index contributed by atoms with van der Waals surface area (Å²) in [5.41, 5.74) is 4.21. The van der Waals surface area contributed by atoms with Crippen LogP contribution in [0.5, 0.6) is 5.75 Å². The van der Waals surface area contributed by atoms with Crippen LogP contribution in [0.15, 0.2) is 72.9 Å². The smallest absolute Gasteiger partial charge is 0.257 e. The number of carbonyl (C=O) groups is 1. The minimum Gasteiger partial charge on any atom is -0.481 e. The van der Waals surface area contributed by atoms with Crippen LogP contribution in [-0.2, 0) is 4.79 Å². The Bertz CT molecular complexity index is 1250. The van der Waals surface area contributed by atoms with Gasteiger partial charge < -0.3 is 19.9 Å². The molecule has 0 bridgehead atoms. The second-order valence-electron chi connectivity index (χ2n) is 8.00. The first-order chi connectivity index (χ1) is 15.9. The van der Waals surface area contributed by atoms with Crippen molar-refractivity contribution in [3.8, 4) is 5.75 Å². The maximum Gasteiger partial charge on any atom is 0.257 e. The first kappa shape index (κ1) is 22.3. The fourth-order valence-electron chi connectivity index (χ4n) is 3.80. The van der Waals surface area contributed by atoms with E-state index < -0.39 is 17.5 Å². The minimum atomic E-state index is -0.847. The first-order valence-corrected chi connectivity index (χ1v) is 10.6. The number of para-hydroxylation sites is 1. The van der Waals surface area contributed by atoms with E-state index in [1.165, 1.54) is 6.07 Å². The molecule has 0 aliphatic carbocycles. The van der Waals surface area contributed by atoms with Gasteiger partial charge in [-0.15, -0.1) is 0 Å². The van der Waals surface area contributed by atoms with Gasteiger partial charge in [0.2, 0.25) is 0 Å². The van der Waals surface area contributed by atoms with E-state index in [1.807, 2.05) is 61.6 Å². The highest BCUT2D eigenvalue weighted by Gasteiger charge is 2.20. The van der Waals surface area contributed by atoms with Gasteiger partial charge in [0.05, 0.1) is 0 Å². The van der Waals surface area contributed by atoms with Gasteiger partial charge in [-0.05, 0) is 41.5 Å². The van der Waals surface area contributed by atoms with Crippen molar-refractivity contribution in [2.45, 2.75) is 5.92 Å². The number of hydrogen-bond acceptors (Lipinski definition) is 3. The third-order valence-electron chi connectivity index (χ3n) is 5.56. The Morgan fingerprint density at radius 2 is 1.82 bits per heavy atom. The third-order valence-corrected chi connectivity index (χ3v) is 5.56. The summed E-state index contributed by atoms with van der Waals surface area (Å²) in [4.78, 5) is 17.8. The summed E-state index contributed by atoms with van der Waals surface area (Å²) in [6, 6.07) is 19.2. The van der Waals surface area contributed by atoms with Crippen molar-refractivity contribution in [2.24, 2.45) is 0 Å². The lowest BCUT2D eigenvalue weighted by Gasteiger charge is -2.20. The Labute approximate surface area is 191 Å². The van der Waals surface area contributed by atoms with Gasteiger partial charge in [-0.25, -0.2) is 8.78 Å². The SMILES string of the molecule is CN(C)c1ccc(C(CNC(=O)COc2ccc(F)cc2F)c2c[nH]c3ccccc23)cc1. The van der Waals surface area contributed by atoms with Crippen LogP contribution in [0.2, 0.25) is 0 Å². The zero-order chi connectivity index (χ0) is 23.4. The van der Waals surface area contributed by atoms with Crippen LogP contribution < -0.4 is 15.0 Å². The molecule has 1 heterocycles. The van der Waals surface area contributed by atoms with Crippen LogP contribution >= 0.6 is 0 Å². The van der Waals surface area contributed by atoms with Gasteiger partial charge in [0.1, 0.15) is 5.82 Å². The Morgan fingerprint density at radius 1 is 1.06 bits per heavy atom. The molecule has 1 amide bonds. The molecule has 0 aliphatic heterocycles. The molecule has 1 unspecified atom stereocenters. The second-order valence-corrected chi connectivity index (χ2v) is 8.00. The highest BCUT2D eigenvalue weighted by atomic mass is 19.1. The van der Waals surface area contributed by atoms with Crippen molar-refractivity contribution in [1.82, 2.24) is 10.3 Å². The lowest BCUT2D eigenvalue weighted by atomic mass is 9.90. The molecule has 5 nitrogen and oxygen atoms in total. The van der Waals surface area contributed by atoms with Gasteiger partial charge in [-0.2, -0.15) is 0 Å². The molecule has 1 atom stereocenters. The summed E-state index contributed by atoms with van der Waals surface area (Å²) in [6.07, 6.45) is 1.96. The molecule has 0 saturated heterocycles. The van der Waals surface area contributed by atoms with Crippen molar-refractivity contribution in [3.63, 3.8) is 0 Å². The monoisotopic (exact) mass is 449 g/mol. The van der Waals surface area contributed by atoms with Crippen LogP contribution in [0.1, 0.15) is 17.0 Å². The summed E-state index contributed by atoms with van der Waals surface area (Å²) in [7, 11) is 3.96. The average molecular weight is 450 g/mol. The van der Waals surface area contributed by atoms with E-state index in [9.17, 15) is 13.6 Å². The van der Waals surface area contributed by atoms with Gasteiger partial charge in [-0.3, -0.25) is 4.79 Å². The molecule has 33 heavy (non-hydrogen) atoms. The lowest BCUT2D eigenvalue weighted by Crippen LogP contribution is -2.33. The minimum absolute atomic E-state index is 0.108. The van der Waals surface area contributed by atoms with Crippen molar-refractivity contribution in [3.05, 3.63) is 95.7 Å². The number of fused-ring (bicyclic) bond motifs is 1. The molecule has 3 aromatic carbocycles. The first-order valence-electron chi connectivity index (χ1n) is 10.6. The fourth-order valence-corrected chi connectivity index (χ4v) is 3.80. The van der Waals surface area contributed by atoms with Crippen LogP contribution in [-0.4, -0.2) is 38.1 Å². The van der Waals surface area contributed by atoms with E-state index >= 15 is 0 Å². The maximum atomic E-state index is 13.8. The topological polar surface area (TPSA) is 57.4 Å². The molecular weight excluding hydrogens is 424 g/mol. The predicted molar refractivity (Wildman–Crippen MR) is 126 cm³/mol. The van der Waals surface area contributed by atoms with Gasteiger partial charge >= 0.3 is 0 Å². The largest absolute Gasteiger partial charge is 0.481 e. The molecule has 2 N–H and O–H groups in total. The zero-order valence-electron chi connectivity index (χ0n) is 18.4. The molecule has 0 aliphatic rings. The molecule has 0 spiro atoms. The zero-order valence-corrected chi connectivity index (χ0v) is 18.4. The normalized spacial score (nSPS) is 11.9. The number of nitrogens with one attached hydrogen (secondary N) is 2. The number of anilines is 1. The third kappa shape index (κ3) is 5.14. The molecule has 4 aromatic rings. The van der Waals surface area contributed by atoms with Gasteiger partial charge in [0.25, 0.3) is 5.91 Å². The lowest BCUT2D eigenvalue weighted by molar-refractivity contribution is -0.123. The maximum absolute atomic E-state index is 13.8. The standard InChI is InChI=1S/C26H25F2N3O2/c1-31(2)19-10-7-17(8-11-19)21(22-15-29-24-6-4-3-5-20(22)24)14-30-26(32)16-33-25-12-9-18(27)13-23(25)28/h3-13,15,21,29H,14,16H2,1-2H3,(H,30,32). The summed E-state index contributed by atoms with van der Waals surface area (Å²) < 4.78 is 32.0. The Hall–Kier alpha value is -3.87. The number of H-pyrrole nitrogens is 1. The summed E-state index contributed by atoms with van der Waals surface area (Å²) in [5.74, 6) is -2.22. The molecular formula is C26H25F2N3O2. The Morgan fingerprint density at radius 3 is 2.55 bits per heavy atom.